The van der Waals surface area contributed by atoms with Crippen LogP contribution in [0, 0.1) is 0 Å². The first-order valence-electron chi connectivity index (χ1n) is 14.1. The lowest BCUT2D eigenvalue weighted by Crippen LogP contribution is -2.42. The number of hydrogen-bond donors (Lipinski definition) is 2. The summed E-state index contributed by atoms with van der Waals surface area (Å²) in [6.07, 6.45) is 5.61. The molecule has 3 aromatic rings. The Morgan fingerprint density at radius 1 is 1.03 bits per heavy atom. The minimum Gasteiger partial charge on any atom is -0.397 e. The van der Waals surface area contributed by atoms with E-state index in [0.717, 1.165) is 44.6 Å². The molecule has 0 bridgehead atoms. The maximum absolute atomic E-state index is 13.9. The Bertz CT molecular complexity index is 1420. The first-order valence-corrected chi connectivity index (χ1v) is 14.9. The molecule has 204 valence electrons. The van der Waals surface area contributed by atoms with E-state index < -0.39 is 0 Å². The summed E-state index contributed by atoms with van der Waals surface area (Å²) < 4.78 is 1.67. The summed E-state index contributed by atoms with van der Waals surface area (Å²) in [5, 5.41) is 4.63. The highest BCUT2D eigenvalue weighted by Gasteiger charge is 2.29. The number of nitrogens with two attached hydrogens (primary N) is 1. The molecule has 2 aromatic carbocycles. The maximum Gasteiger partial charge on any atom is 0.264 e. The highest BCUT2D eigenvalue weighted by atomic mass is 32.2. The Labute approximate surface area is 233 Å². The van der Waals surface area contributed by atoms with E-state index in [0.29, 0.717) is 59.8 Å². The quantitative estimate of drug-likeness (QED) is 0.242. The molecule has 8 nitrogen and oxygen atoms in total. The summed E-state index contributed by atoms with van der Waals surface area (Å²) in [6, 6.07) is 16.0. The monoisotopic (exact) mass is 544 g/mol. The first-order chi connectivity index (χ1) is 19.1. The van der Waals surface area contributed by atoms with Crippen molar-refractivity contribution in [2.75, 3.05) is 43.4 Å². The van der Waals surface area contributed by atoms with E-state index in [1.54, 1.807) is 21.2 Å². The summed E-state index contributed by atoms with van der Waals surface area (Å²) in [6.45, 7) is 4.32. The third-order valence-electron chi connectivity index (χ3n) is 8.11. The molecule has 1 fully saturated rings. The molecule has 0 unspecified atom stereocenters. The van der Waals surface area contributed by atoms with E-state index in [4.69, 9.17) is 10.7 Å². The van der Waals surface area contributed by atoms with Gasteiger partial charge in [0.05, 0.1) is 29.2 Å². The number of carbonyl (C=O) groups is 1. The van der Waals surface area contributed by atoms with Crippen LogP contribution in [-0.4, -0.2) is 58.3 Å². The SMILES string of the molecule is Nc1ccccc1-n1c(SC2CCC2)nc2c(c1=O)CN(C(=O)CCNCCN1CCc3ccccc31)CC2. The van der Waals surface area contributed by atoms with Crippen LogP contribution in [-0.2, 0) is 24.2 Å². The molecule has 1 aromatic heterocycles. The van der Waals surface area contributed by atoms with Crippen molar-refractivity contribution in [1.29, 1.82) is 0 Å². The summed E-state index contributed by atoms with van der Waals surface area (Å²) >= 11 is 1.68. The van der Waals surface area contributed by atoms with Crippen molar-refractivity contribution in [2.45, 2.75) is 55.5 Å². The van der Waals surface area contributed by atoms with Gasteiger partial charge in [-0.3, -0.25) is 14.2 Å². The maximum atomic E-state index is 13.9. The Kier molecular flexibility index (Phi) is 7.61. The molecule has 1 saturated carbocycles. The number of anilines is 2. The molecule has 0 atom stereocenters. The van der Waals surface area contributed by atoms with Crippen LogP contribution in [0.2, 0.25) is 0 Å². The van der Waals surface area contributed by atoms with Crippen LogP contribution in [0.4, 0.5) is 11.4 Å². The lowest BCUT2D eigenvalue weighted by Gasteiger charge is -2.30. The second-order valence-corrected chi connectivity index (χ2v) is 11.9. The Morgan fingerprint density at radius 2 is 1.82 bits per heavy atom. The molecule has 6 rings (SSSR count). The average molecular weight is 545 g/mol. The number of nitrogens with zero attached hydrogens (tertiary/aromatic N) is 4. The molecular formula is C30H36N6O2S. The number of nitrogen functional groups attached to an aromatic ring is 1. The second kappa shape index (κ2) is 11.4. The van der Waals surface area contributed by atoms with Gasteiger partial charge >= 0.3 is 0 Å². The van der Waals surface area contributed by atoms with Gasteiger partial charge in [-0.15, -0.1) is 0 Å². The summed E-state index contributed by atoms with van der Waals surface area (Å²) in [5.74, 6) is 0.0674. The number of fused-ring (bicyclic) bond motifs is 2. The first kappa shape index (κ1) is 26.0. The molecule has 2 aliphatic heterocycles. The van der Waals surface area contributed by atoms with E-state index in [1.165, 1.54) is 17.7 Å². The third-order valence-corrected chi connectivity index (χ3v) is 9.40. The number of carbonyl (C=O) groups excluding carboxylic acids is 1. The highest BCUT2D eigenvalue weighted by molar-refractivity contribution is 7.99. The fourth-order valence-electron chi connectivity index (χ4n) is 5.62. The number of hydrogen-bond acceptors (Lipinski definition) is 7. The van der Waals surface area contributed by atoms with Gasteiger partial charge in [0.1, 0.15) is 0 Å². The van der Waals surface area contributed by atoms with Crippen molar-refractivity contribution >= 4 is 29.0 Å². The molecule has 39 heavy (non-hydrogen) atoms. The smallest absolute Gasteiger partial charge is 0.264 e. The molecule has 1 amide bonds. The zero-order valence-electron chi connectivity index (χ0n) is 22.3. The van der Waals surface area contributed by atoms with Crippen LogP contribution in [0.15, 0.2) is 58.5 Å². The number of rotatable bonds is 9. The van der Waals surface area contributed by atoms with Gasteiger partial charge < -0.3 is 20.9 Å². The van der Waals surface area contributed by atoms with Crippen molar-refractivity contribution in [2.24, 2.45) is 0 Å². The van der Waals surface area contributed by atoms with Gasteiger partial charge in [-0.05, 0) is 43.0 Å². The van der Waals surface area contributed by atoms with E-state index in [-0.39, 0.29) is 11.5 Å². The number of thioether (sulfide) groups is 1. The number of para-hydroxylation sites is 3. The molecular weight excluding hydrogens is 508 g/mol. The van der Waals surface area contributed by atoms with Gasteiger partial charge in [-0.25, -0.2) is 4.98 Å². The van der Waals surface area contributed by atoms with Crippen LogP contribution in [0.25, 0.3) is 5.69 Å². The van der Waals surface area contributed by atoms with Crippen molar-refractivity contribution in [3.63, 3.8) is 0 Å². The Balaban J connectivity index is 1.10. The molecule has 0 radical (unpaired) electrons. The molecule has 3 heterocycles. The Morgan fingerprint density at radius 3 is 2.62 bits per heavy atom. The fraction of sp³-hybridized carbons (Fsp3) is 0.433. The topological polar surface area (TPSA) is 96.5 Å². The standard InChI is InChI=1S/C30H36N6O2S/c31-24-9-2-4-11-27(24)36-29(38)23-20-35(18-14-25(23)33-30(36)39-22-7-5-8-22)28(37)12-15-32-16-19-34-17-13-21-6-1-3-10-26(21)34/h1-4,6,9-11,22,32H,5,7-8,12-20,31H2. The summed E-state index contributed by atoms with van der Waals surface area (Å²) in [4.78, 5) is 36.1. The lowest BCUT2D eigenvalue weighted by molar-refractivity contribution is -0.132. The second-order valence-electron chi connectivity index (χ2n) is 10.6. The molecule has 0 spiro atoms. The minimum absolute atomic E-state index is 0.0674. The van der Waals surface area contributed by atoms with E-state index in [9.17, 15) is 9.59 Å². The number of amides is 1. The van der Waals surface area contributed by atoms with Crippen molar-refractivity contribution in [3.05, 3.63) is 75.7 Å². The van der Waals surface area contributed by atoms with Gasteiger partial charge in [0.2, 0.25) is 5.91 Å². The van der Waals surface area contributed by atoms with Crippen molar-refractivity contribution in [3.8, 4) is 5.69 Å². The fourth-order valence-corrected chi connectivity index (χ4v) is 6.94. The van der Waals surface area contributed by atoms with E-state index in [1.807, 2.05) is 24.3 Å². The zero-order chi connectivity index (χ0) is 26.8. The normalized spacial score (nSPS) is 16.6. The van der Waals surface area contributed by atoms with Gasteiger partial charge in [0.15, 0.2) is 5.16 Å². The van der Waals surface area contributed by atoms with Crippen molar-refractivity contribution in [1.82, 2.24) is 19.8 Å². The van der Waals surface area contributed by atoms with E-state index in [2.05, 4.69) is 34.5 Å². The van der Waals surface area contributed by atoms with E-state index >= 15 is 0 Å². The van der Waals surface area contributed by atoms with Crippen LogP contribution in [0.1, 0.15) is 42.5 Å². The lowest BCUT2D eigenvalue weighted by atomic mass is 10.0. The number of benzene rings is 2. The highest BCUT2D eigenvalue weighted by Crippen LogP contribution is 2.37. The Hall–Kier alpha value is -3.30. The van der Waals surface area contributed by atoms with Crippen LogP contribution < -0.4 is 21.5 Å². The molecule has 9 heteroatoms. The average Bonchev–Trinajstić information content (AvgIpc) is 3.34. The number of nitrogens with one attached hydrogen (secondary N) is 1. The van der Waals surface area contributed by atoms with Gasteiger partial charge in [0, 0.05) is 56.5 Å². The van der Waals surface area contributed by atoms with Gasteiger partial charge in [-0.2, -0.15) is 0 Å². The minimum atomic E-state index is -0.110. The number of aromatic nitrogens is 2. The van der Waals surface area contributed by atoms with Crippen LogP contribution in [0.3, 0.4) is 0 Å². The molecule has 3 N–H and O–H groups in total. The zero-order valence-corrected chi connectivity index (χ0v) is 23.1. The van der Waals surface area contributed by atoms with Gasteiger partial charge in [-0.1, -0.05) is 48.5 Å². The van der Waals surface area contributed by atoms with Crippen molar-refractivity contribution < 1.29 is 4.79 Å². The largest absolute Gasteiger partial charge is 0.397 e. The molecule has 3 aliphatic rings. The molecule has 1 aliphatic carbocycles. The summed E-state index contributed by atoms with van der Waals surface area (Å²) in [7, 11) is 0. The third kappa shape index (κ3) is 5.43. The molecule has 0 saturated heterocycles. The van der Waals surface area contributed by atoms with Crippen LogP contribution in [0.5, 0.6) is 0 Å². The summed E-state index contributed by atoms with van der Waals surface area (Å²) in [5.41, 5.74) is 11.6. The van der Waals surface area contributed by atoms with Gasteiger partial charge in [0.25, 0.3) is 5.56 Å². The predicted octanol–water partition coefficient (Wildman–Crippen LogP) is 3.39. The predicted molar refractivity (Wildman–Crippen MR) is 157 cm³/mol. The van der Waals surface area contributed by atoms with Crippen LogP contribution >= 0.6 is 11.8 Å².